The van der Waals surface area contributed by atoms with Crippen LogP contribution in [0.25, 0.3) is 0 Å². The SMILES string of the molecule is CNCc1cc(C(F)(F)F)cc(C(=O)O)n1. The molecule has 1 rings (SSSR count). The highest BCUT2D eigenvalue weighted by molar-refractivity contribution is 5.85. The number of nitrogens with zero attached hydrogens (tertiary/aromatic N) is 1. The lowest BCUT2D eigenvalue weighted by atomic mass is 10.2. The summed E-state index contributed by atoms with van der Waals surface area (Å²) in [6, 6.07) is 1.34. The van der Waals surface area contributed by atoms with Gasteiger partial charge in [0, 0.05) is 6.54 Å². The smallest absolute Gasteiger partial charge is 0.416 e. The highest BCUT2D eigenvalue weighted by atomic mass is 19.4. The maximum atomic E-state index is 12.4. The largest absolute Gasteiger partial charge is 0.477 e. The molecular formula is C9H9F3N2O2. The number of carbonyl (C=O) groups is 1. The van der Waals surface area contributed by atoms with E-state index in [9.17, 15) is 18.0 Å². The minimum Gasteiger partial charge on any atom is -0.477 e. The number of rotatable bonds is 3. The van der Waals surface area contributed by atoms with Crippen LogP contribution in [0.5, 0.6) is 0 Å². The number of hydrogen-bond acceptors (Lipinski definition) is 3. The van der Waals surface area contributed by atoms with Crippen LogP contribution in [0.1, 0.15) is 21.7 Å². The van der Waals surface area contributed by atoms with E-state index < -0.39 is 23.4 Å². The van der Waals surface area contributed by atoms with Crippen LogP contribution in [-0.4, -0.2) is 23.1 Å². The van der Waals surface area contributed by atoms with E-state index in [0.717, 1.165) is 6.07 Å². The summed E-state index contributed by atoms with van der Waals surface area (Å²) in [7, 11) is 1.53. The molecule has 2 N–H and O–H groups in total. The Labute approximate surface area is 89.1 Å². The van der Waals surface area contributed by atoms with Crippen molar-refractivity contribution in [3.8, 4) is 0 Å². The Kier molecular flexibility index (Phi) is 3.48. The first-order valence-corrected chi connectivity index (χ1v) is 4.30. The number of pyridine rings is 1. The van der Waals surface area contributed by atoms with E-state index in [1.54, 1.807) is 0 Å². The van der Waals surface area contributed by atoms with Gasteiger partial charge in [-0.1, -0.05) is 0 Å². The van der Waals surface area contributed by atoms with E-state index in [-0.39, 0.29) is 12.2 Å². The Hall–Kier alpha value is -1.63. The van der Waals surface area contributed by atoms with Crippen molar-refractivity contribution in [3.63, 3.8) is 0 Å². The zero-order chi connectivity index (χ0) is 12.3. The third-order valence-electron chi connectivity index (χ3n) is 1.78. The number of carboxylic acid groups (broad SMARTS) is 1. The van der Waals surface area contributed by atoms with E-state index in [1.807, 2.05) is 0 Å². The Morgan fingerprint density at radius 3 is 2.56 bits per heavy atom. The summed E-state index contributed by atoms with van der Waals surface area (Å²) in [6.45, 7) is 0.0736. The van der Waals surface area contributed by atoms with Gasteiger partial charge in [0.05, 0.1) is 11.3 Å². The first kappa shape index (κ1) is 12.4. The lowest BCUT2D eigenvalue weighted by Gasteiger charge is -2.09. The zero-order valence-electron chi connectivity index (χ0n) is 8.30. The van der Waals surface area contributed by atoms with Gasteiger partial charge in [-0.2, -0.15) is 13.2 Å². The molecule has 0 bridgehead atoms. The molecule has 0 saturated heterocycles. The van der Waals surface area contributed by atoms with Crippen LogP contribution in [0.2, 0.25) is 0 Å². The number of carboxylic acids is 1. The van der Waals surface area contributed by atoms with Crippen LogP contribution in [-0.2, 0) is 12.7 Å². The van der Waals surface area contributed by atoms with E-state index in [0.29, 0.717) is 6.07 Å². The first-order valence-electron chi connectivity index (χ1n) is 4.30. The molecule has 0 amide bonds. The van der Waals surface area contributed by atoms with Crippen molar-refractivity contribution in [3.05, 3.63) is 29.1 Å². The summed E-state index contributed by atoms with van der Waals surface area (Å²) in [4.78, 5) is 14.2. The van der Waals surface area contributed by atoms with Gasteiger partial charge in [0.2, 0.25) is 0 Å². The standard InChI is InChI=1S/C9H9F3N2O2/c1-13-4-6-2-5(9(10,11)12)3-7(14-6)8(15)16/h2-3,13H,4H2,1H3,(H,15,16). The second-order valence-corrected chi connectivity index (χ2v) is 3.07. The minimum absolute atomic E-state index is 0.0368. The number of halogens is 3. The van der Waals surface area contributed by atoms with Crippen LogP contribution in [0.15, 0.2) is 12.1 Å². The summed E-state index contributed by atoms with van der Waals surface area (Å²) in [5.74, 6) is -1.48. The monoisotopic (exact) mass is 234 g/mol. The van der Waals surface area contributed by atoms with Crippen molar-refractivity contribution in [2.24, 2.45) is 0 Å². The molecule has 0 unspecified atom stereocenters. The van der Waals surface area contributed by atoms with Gasteiger partial charge in [0.25, 0.3) is 0 Å². The molecule has 0 aliphatic carbocycles. The topological polar surface area (TPSA) is 62.2 Å². The third-order valence-corrected chi connectivity index (χ3v) is 1.78. The minimum atomic E-state index is -4.57. The van der Waals surface area contributed by atoms with Crippen LogP contribution in [0, 0.1) is 0 Å². The second kappa shape index (κ2) is 4.48. The van der Waals surface area contributed by atoms with Gasteiger partial charge in [0.15, 0.2) is 0 Å². The van der Waals surface area contributed by atoms with Gasteiger partial charge in [0.1, 0.15) is 5.69 Å². The highest BCUT2D eigenvalue weighted by Crippen LogP contribution is 2.29. The van der Waals surface area contributed by atoms with Crippen LogP contribution < -0.4 is 5.32 Å². The normalized spacial score (nSPS) is 11.5. The molecule has 0 aliphatic rings. The molecule has 0 saturated carbocycles. The molecule has 88 valence electrons. The van der Waals surface area contributed by atoms with Crippen LogP contribution in [0.3, 0.4) is 0 Å². The molecular weight excluding hydrogens is 225 g/mol. The Morgan fingerprint density at radius 1 is 1.50 bits per heavy atom. The van der Waals surface area contributed by atoms with Crippen LogP contribution in [0.4, 0.5) is 13.2 Å². The molecule has 0 atom stereocenters. The fourth-order valence-electron chi connectivity index (χ4n) is 1.13. The average Bonchev–Trinajstić information content (AvgIpc) is 2.16. The van der Waals surface area contributed by atoms with E-state index >= 15 is 0 Å². The molecule has 0 aromatic carbocycles. The number of aromatic nitrogens is 1. The highest BCUT2D eigenvalue weighted by Gasteiger charge is 2.32. The van der Waals surface area contributed by atoms with Crippen molar-refractivity contribution < 1.29 is 23.1 Å². The molecule has 0 fully saturated rings. The first-order chi connectivity index (χ1) is 7.34. The molecule has 1 aromatic rings. The van der Waals surface area contributed by atoms with Crippen molar-refractivity contribution in [2.45, 2.75) is 12.7 Å². The predicted octanol–water partition coefficient (Wildman–Crippen LogP) is 1.52. The molecule has 0 spiro atoms. The van der Waals surface area contributed by atoms with Gasteiger partial charge in [-0.05, 0) is 19.2 Å². The number of hydrogen-bond donors (Lipinski definition) is 2. The number of nitrogens with one attached hydrogen (secondary N) is 1. The molecule has 16 heavy (non-hydrogen) atoms. The van der Waals surface area contributed by atoms with Crippen molar-refractivity contribution in [2.75, 3.05) is 7.05 Å². The fraction of sp³-hybridized carbons (Fsp3) is 0.333. The molecule has 4 nitrogen and oxygen atoms in total. The summed E-state index contributed by atoms with van der Waals surface area (Å²) < 4.78 is 37.2. The van der Waals surface area contributed by atoms with Crippen molar-refractivity contribution in [1.82, 2.24) is 10.3 Å². The van der Waals surface area contributed by atoms with E-state index in [4.69, 9.17) is 5.11 Å². The maximum Gasteiger partial charge on any atom is 0.416 e. The average molecular weight is 234 g/mol. The fourth-order valence-corrected chi connectivity index (χ4v) is 1.13. The second-order valence-electron chi connectivity index (χ2n) is 3.07. The number of aromatic carboxylic acids is 1. The number of alkyl halides is 3. The summed E-state index contributed by atoms with van der Waals surface area (Å²) in [5.41, 5.74) is -1.58. The third kappa shape index (κ3) is 2.93. The lowest BCUT2D eigenvalue weighted by molar-refractivity contribution is -0.137. The quantitative estimate of drug-likeness (QED) is 0.832. The molecule has 7 heteroatoms. The molecule has 1 heterocycles. The predicted molar refractivity (Wildman–Crippen MR) is 49.0 cm³/mol. The Balaban J connectivity index is 3.24. The van der Waals surface area contributed by atoms with Gasteiger partial charge in [-0.3, -0.25) is 0 Å². The molecule has 1 aromatic heterocycles. The Morgan fingerprint density at radius 2 is 2.12 bits per heavy atom. The van der Waals surface area contributed by atoms with Crippen LogP contribution >= 0.6 is 0 Å². The van der Waals surface area contributed by atoms with Crippen molar-refractivity contribution in [1.29, 1.82) is 0 Å². The van der Waals surface area contributed by atoms with Gasteiger partial charge >= 0.3 is 12.1 Å². The van der Waals surface area contributed by atoms with Gasteiger partial charge < -0.3 is 10.4 Å². The maximum absolute atomic E-state index is 12.4. The summed E-state index contributed by atoms with van der Waals surface area (Å²) in [6.07, 6.45) is -4.57. The van der Waals surface area contributed by atoms with Gasteiger partial charge in [-0.15, -0.1) is 0 Å². The molecule has 0 radical (unpaired) electrons. The van der Waals surface area contributed by atoms with E-state index in [1.165, 1.54) is 7.05 Å². The summed E-state index contributed by atoms with van der Waals surface area (Å²) >= 11 is 0. The summed E-state index contributed by atoms with van der Waals surface area (Å²) in [5, 5.41) is 11.2. The molecule has 0 aliphatic heterocycles. The van der Waals surface area contributed by atoms with E-state index in [2.05, 4.69) is 10.3 Å². The van der Waals surface area contributed by atoms with Crippen molar-refractivity contribution >= 4 is 5.97 Å². The Bertz CT molecular complexity index is 404. The van der Waals surface area contributed by atoms with Gasteiger partial charge in [-0.25, -0.2) is 9.78 Å². The lowest BCUT2D eigenvalue weighted by Crippen LogP contribution is -2.14. The zero-order valence-corrected chi connectivity index (χ0v) is 8.30.